The van der Waals surface area contributed by atoms with Gasteiger partial charge in [-0.1, -0.05) is 13.8 Å². The van der Waals surface area contributed by atoms with Gasteiger partial charge in [-0.25, -0.2) is 13.6 Å². The van der Waals surface area contributed by atoms with Crippen molar-refractivity contribution in [2.75, 3.05) is 31.5 Å². The minimum Gasteiger partial charge on any atom is -0.323 e. The standard InChI is InChI=1S/C14H23F2N5O/c1-3-19(4-2)11-5-7-20(9-11)14(22)17-13-6-8-21(18-13)10-12(15)16/h6,8,11-12H,3-5,7,9-10H2,1-2H3,(H,17,18,22)/t11-/m1/s1. The molecule has 2 rings (SSSR count). The largest absolute Gasteiger partial charge is 0.323 e. The van der Waals surface area contributed by atoms with Gasteiger partial charge >= 0.3 is 6.03 Å². The van der Waals surface area contributed by atoms with E-state index in [-0.39, 0.29) is 6.03 Å². The Bertz CT molecular complexity index is 489. The number of nitrogens with zero attached hydrogens (tertiary/aromatic N) is 4. The Balaban J connectivity index is 1.86. The van der Waals surface area contributed by atoms with Crippen LogP contribution in [0, 0.1) is 0 Å². The monoisotopic (exact) mass is 315 g/mol. The van der Waals surface area contributed by atoms with Gasteiger partial charge in [0.05, 0.1) is 0 Å². The molecular formula is C14H23F2N5O. The predicted molar refractivity (Wildman–Crippen MR) is 80.1 cm³/mol. The van der Waals surface area contributed by atoms with Crippen molar-refractivity contribution in [1.82, 2.24) is 19.6 Å². The molecule has 2 amide bonds. The Kier molecular flexibility index (Phi) is 5.70. The third-order valence-electron chi connectivity index (χ3n) is 3.98. The maximum absolute atomic E-state index is 12.3. The molecule has 6 nitrogen and oxygen atoms in total. The summed E-state index contributed by atoms with van der Waals surface area (Å²) in [5, 5.41) is 6.58. The molecule has 1 aliphatic rings. The lowest BCUT2D eigenvalue weighted by Crippen LogP contribution is -2.39. The van der Waals surface area contributed by atoms with Crippen LogP contribution in [-0.4, -0.2) is 64.3 Å². The van der Waals surface area contributed by atoms with Crippen LogP contribution in [0.15, 0.2) is 12.3 Å². The molecule has 2 heterocycles. The highest BCUT2D eigenvalue weighted by Crippen LogP contribution is 2.16. The average Bonchev–Trinajstić information content (AvgIpc) is 3.09. The van der Waals surface area contributed by atoms with Gasteiger partial charge in [-0.05, 0) is 19.5 Å². The van der Waals surface area contributed by atoms with Crippen LogP contribution in [0.1, 0.15) is 20.3 Å². The third kappa shape index (κ3) is 4.16. The molecule has 22 heavy (non-hydrogen) atoms. The number of nitrogens with one attached hydrogen (secondary N) is 1. The van der Waals surface area contributed by atoms with Crippen LogP contribution in [0.4, 0.5) is 19.4 Å². The molecule has 1 saturated heterocycles. The van der Waals surface area contributed by atoms with Crippen LogP contribution >= 0.6 is 0 Å². The fourth-order valence-corrected chi connectivity index (χ4v) is 2.82. The second kappa shape index (κ2) is 7.53. The SMILES string of the molecule is CCN(CC)[C@@H]1CCN(C(=O)Nc2ccn(CC(F)F)n2)C1. The Hall–Kier alpha value is -1.70. The molecule has 1 aromatic rings. The van der Waals surface area contributed by atoms with Crippen LogP contribution in [0.5, 0.6) is 0 Å². The van der Waals surface area contributed by atoms with Gasteiger partial charge in [-0.15, -0.1) is 0 Å². The van der Waals surface area contributed by atoms with Gasteiger partial charge in [0.25, 0.3) is 6.43 Å². The Morgan fingerprint density at radius 2 is 2.23 bits per heavy atom. The molecule has 1 atom stereocenters. The van der Waals surface area contributed by atoms with Crippen molar-refractivity contribution in [2.45, 2.75) is 39.3 Å². The number of hydrogen-bond acceptors (Lipinski definition) is 3. The first-order chi connectivity index (χ1) is 10.5. The highest BCUT2D eigenvalue weighted by Gasteiger charge is 2.29. The molecule has 0 aromatic carbocycles. The van der Waals surface area contributed by atoms with Gasteiger partial charge in [0.1, 0.15) is 6.54 Å². The smallest absolute Gasteiger partial charge is 0.323 e. The van der Waals surface area contributed by atoms with E-state index in [4.69, 9.17) is 0 Å². The van der Waals surface area contributed by atoms with Crippen molar-refractivity contribution in [3.8, 4) is 0 Å². The number of anilines is 1. The maximum Gasteiger partial charge on any atom is 0.323 e. The summed E-state index contributed by atoms with van der Waals surface area (Å²) in [6, 6.07) is 1.69. The van der Waals surface area contributed by atoms with Crippen molar-refractivity contribution in [1.29, 1.82) is 0 Å². The first-order valence-electron chi connectivity index (χ1n) is 7.65. The van der Waals surface area contributed by atoms with E-state index in [9.17, 15) is 13.6 Å². The number of halogens is 2. The minimum atomic E-state index is -2.46. The number of carbonyl (C=O) groups excluding carboxylic acids is 1. The highest BCUT2D eigenvalue weighted by atomic mass is 19.3. The zero-order valence-electron chi connectivity index (χ0n) is 13.0. The lowest BCUT2D eigenvalue weighted by molar-refractivity contribution is 0.122. The number of urea groups is 1. The molecule has 0 radical (unpaired) electrons. The second-order valence-corrected chi connectivity index (χ2v) is 5.35. The minimum absolute atomic E-state index is 0.225. The van der Waals surface area contributed by atoms with Crippen molar-refractivity contribution >= 4 is 11.8 Å². The van der Waals surface area contributed by atoms with E-state index in [1.54, 1.807) is 4.90 Å². The highest BCUT2D eigenvalue weighted by molar-refractivity contribution is 5.88. The lowest BCUT2D eigenvalue weighted by atomic mass is 10.2. The number of aromatic nitrogens is 2. The predicted octanol–water partition coefficient (Wildman–Crippen LogP) is 2.10. The molecular weight excluding hydrogens is 292 g/mol. The molecule has 0 spiro atoms. The van der Waals surface area contributed by atoms with Crippen molar-refractivity contribution < 1.29 is 13.6 Å². The summed E-state index contributed by atoms with van der Waals surface area (Å²) in [7, 11) is 0. The number of rotatable bonds is 6. The molecule has 1 N–H and O–H groups in total. The first kappa shape index (κ1) is 16.7. The van der Waals surface area contributed by atoms with Gasteiger partial charge in [-0.3, -0.25) is 14.9 Å². The molecule has 0 aliphatic carbocycles. The summed E-state index contributed by atoms with van der Waals surface area (Å²) in [5.41, 5.74) is 0. The van der Waals surface area contributed by atoms with Gasteiger partial charge in [0.15, 0.2) is 5.82 Å². The molecule has 1 aromatic heterocycles. The van der Waals surface area contributed by atoms with E-state index in [1.165, 1.54) is 12.3 Å². The van der Waals surface area contributed by atoms with E-state index < -0.39 is 13.0 Å². The maximum atomic E-state index is 12.3. The van der Waals surface area contributed by atoms with E-state index in [1.807, 2.05) is 0 Å². The van der Waals surface area contributed by atoms with Gasteiger partial charge in [0, 0.05) is 31.4 Å². The zero-order chi connectivity index (χ0) is 16.1. The van der Waals surface area contributed by atoms with Crippen molar-refractivity contribution in [3.05, 3.63) is 12.3 Å². The van der Waals surface area contributed by atoms with E-state index in [2.05, 4.69) is 29.2 Å². The quantitative estimate of drug-likeness (QED) is 0.874. The van der Waals surface area contributed by atoms with E-state index in [0.717, 1.165) is 24.2 Å². The summed E-state index contributed by atoms with van der Waals surface area (Å²) in [4.78, 5) is 16.3. The fraction of sp³-hybridized carbons (Fsp3) is 0.714. The number of alkyl halides is 2. The molecule has 124 valence electrons. The van der Waals surface area contributed by atoms with Crippen LogP contribution in [0.2, 0.25) is 0 Å². The van der Waals surface area contributed by atoms with E-state index >= 15 is 0 Å². The Labute approximate surface area is 129 Å². The molecule has 0 unspecified atom stereocenters. The van der Waals surface area contributed by atoms with Crippen LogP contribution < -0.4 is 5.32 Å². The first-order valence-corrected chi connectivity index (χ1v) is 7.65. The number of carbonyl (C=O) groups is 1. The van der Waals surface area contributed by atoms with Crippen molar-refractivity contribution in [3.63, 3.8) is 0 Å². The van der Waals surface area contributed by atoms with Gasteiger partial charge < -0.3 is 4.90 Å². The molecule has 1 aliphatic heterocycles. The molecule has 8 heteroatoms. The topological polar surface area (TPSA) is 53.4 Å². The second-order valence-electron chi connectivity index (χ2n) is 5.35. The van der Waals surface area contributed by atoms with E-state index in [0.29, 0.717) is 24.9 Å². The number of amides is 2. The summed E-state index contributed by atoms with van der Waals surface area (Å²) < 4.78 is 25.7. The molecule has 0 saturated carbocycles. The third-order valence-corrected chi connectivity index (χ3v) is 3.98. The van der Waals surface area contributed by atoms with Crippen LogP contribution in [0.25, 0.3) is 0 Å². The summed E-state index contributed by atoms with van der Waals surface area (Å²) in [6.45, 7) is 7.08. The van der Waals surface area contributed by atoms with Crippen LogP contribution in [0.3, 0.4) is 0 Å². The average molecular weight is 315 g/mol. The van der Waals surface area contributed by atoms with Crippen molar-refractivity contribution in [2.24, 2.45) is 0 Å². The van der Waals surface area contributed by atoms with Gasteiger partial charge in [0.2, 0.25) is 0 Å². The molecule has 0 bridgehead atoms. The Morgan fingerprint density at radius 3 is 2.86 bits per heavy atom. The number of likely N-dealkylation sites (N-methyl/N-ethyl adjacent to an activating group) is 1. The van der Waals surface area contributed by atoms with Gasteiger partial charge in [-0.2, -0.15) is 5.10 Å². The normalized spacial score (nSPS) is 18.5. The number of likely N-dealkylation sites (tertiary alicyclic amines) is 1. The number of hydrogen-bond donors (Lipinski definition) is 1. The summed E-state index contributed by atoms with van der Waals surface area (Å²) >= 11 is 0. The summed E-state index contributed by atoms with van der Waals surface area (Å²) in [5.74, 6) is 0.303. The Morgan fingerprint density at radius 1 is 1.50 bits per heavy atom. The fourth-order valence-electron chi connectivity index (χ4n) is 2.82. The van der Waals surface area contributed by atoms with Crippen LogP contribution in [-0.2, 0) is 6.54 Å². The zero-order valence-corrected chi connectivity index (χ0v) is 13.0. The lowest BCUT2D eigenvalue weighted by Gasteiger charge is -2.26. The molecule has 1 fully saturated rings. The summed E-state index contributed by atoms with van der Waals surface area (Å²) in [6.07, 6.45) is -0.0730.